The number of ether oxygens (including phenoxy) is 2. The van der Waals surface area contributed by atoms with E-state index in [2.05, 4.69) is 46.9 Å². The molecule has 0 radical (unpaired) electrons. The van der Waals surface area contributed by atoms with E-state index < -0.39 is 0 Å². The van der Waals surface area contributed by atoms with Crippen LogP contribution in [-0.4, -0.2) is 49.2 Å². The second kappa shape index (κ2) is 15.7. The number of rotatable bonds is 11. The van der Waals surface area contributed by atoms with Gasteiger partial charge in [0.05, 0.1) is 31.5 Å². The first-order valence-electron chi connectivity index (χ1n) is 8.79. The van der Waals surface area contributed by atoms with Gasteiger partial charge in [0.15, 0.2) is 0 Å². The molecular weight excluding hydrogens is 278 g/mol. The van der Waals surface area contributed by atoms with Crippen LogP contribution < -0.4 is 5.32 Å². The van der Waals surface area contributed by atoms with Crippen LogP contribution in [0.2, 0.25) is 0 Å². The van der Waals surface area contributed by atoms with Crippen molar-refractivity contribution in [2.75, 3.05) is 19.8 Å². The normalized spacial score (nSPS) is 13.0. The van der Waals surface area contributed by atoms with E-state index in [9.17, 15) is 5.11 Å². The van der Waals surface area contributed by atoms with Crippen molar-refractivity contribution in [2.24, 2.45) is 5.92 Å². The summed E-state index contributed by atoms with van der Waals surface area (Å²) in [6, 6.07) is 0.566. The highest BCUT2D eigenvalue weighted by atomic mass is 16.5. The molecule has 0 bridgehead atoms. The molecule has 0 saturated carbocycles. The smallest absolute Gasteiger partial charge is 0.0773 e. The first kappa shape index (κ1) is 24.1. The molecule has 0 aromatic rings. The lowest BCUT2D eigenvalue weighted by atomic mass is 10.1. The van der Waals surface area contributed by atoms with E-state index in [1.54, 1.807) is 0 Å². The molecule has 0 heterocycles. The van der Waals surface area contributed by atoms with Gasteiger partial charge in [-0.2, -0.15) is 0 Å². The summed E-state index contributed by atoms with van der Waals surface area (Å²) >= 11 is 0. The summed E-state index contributed by atoms with van der Waals surface area (Å²) in [5.41, 5.74) is 0. The summed E-state index contributed by atoms with van der Waals surface area (Å²) in [5, 5.41) is 12.7. The molecule has 0 aromatic heterocycles. The third kappa shape index (κ3) is 24.8. The molecule has 4 nitrogen and oxygen atoms in total. The second-order valence-corrected chi connectivity index (χ2v) is 7.04. The van der Waals surface area contributed by atoms with Crippen LogP contribution in [0.1, 0.15) is 68.2 Å². The number of aliphatic hydroxyl groups excluding tert-OH is 1. The molecule has 22 heavy (non-hydrogen) atoms. The molecule has 0 saturated heterocycles. The molecule has 1 unspecified atom stereocenters. The predicted octanol–water partition coefficient (Wildman–Crippen LogP) is 3.62. The lowest BCUT2D eigenvalue weighted by Gasteiger charge is -2.14. The first-order chi connectivity index (χ1) is 10.1. The molecule has 2 N–H and O–H groups in total. The van der Waals surface area contributed by atoms with Crippen molar-refractivity contribution in [1.29, 1.82) is 0 Å². The number of aliphatic hydroxyl groups is 1. The van der Waals surface area contributed by atoms with Crippen molar-refractivity contribution >= 4 is 0 Å². The van der Waals surface area contributed by atoms with Gasteiger partial charge in [0, 0.05) is 12.6 Å². The van der Waals surface area contributed by atoms with Gasteiger partial charge in [0.2, 0.25) is 0 Å². The number of hydrogen-bond donors (Lipinski definition) is 2. The van der Waals surface area contributed by atoms with Crippen molar-refractivity contribution in [1.82, 2.24) is 5.32 Å². The summed E-state index contributed by atoms with van der Waals surface area (Å²) in [4.78, 5) is 0. The Bertz CT molecular complexity index is 196. The second-order valence-electron chi connectivity index (χ2n) is 7.04. The maximum atomic E-state index is 9.42. The maximum Gasteiger partial charge on any atom is 0.0773 e. The fraction of sp³-hybridized carbons (Fsp3) is 1.00. The average Bonchev–Trinajstić information content (AvgIpc) is 2.39. The SMILES string of the molecule is CC(C)CCC(O)COC(C)C.CC(C)NCCOC(C)C. The van der Waals surface area contributed by atoms with E-state index in [-0.39, 0.29) is 12.2 Å². The van der Waals surface area contributed by atoms with Crippen molar-refractivity contribution in [3.63, 3.8) is 0 Å². The highest BCUT2D eigenvalue weighted by molar-refractivity contribution is 4.56. The van der Waals surface area contributed by atoms with Crippen LogP contribution in [0.25, 0.3) is 0 Å². The lowest BCUT2D eigenvalue weighted by molar-refractivity contribution is 0.000857. The van der Waals surface area contributed by atoms with Gasteiger partial charge in [0.25, 0.3) is 0 Å². The van der Waals surface area contributed by atoms with Crippen LogP contribution in [0.3, 0.4) is 0 Å². The fourth-order valence-electron chi connectivity index (χ4n) is 1.55. The lowest BCUT2D eigenvalue weighted by Crippen LogP contribution is -2.27. The number of hydrogen-bond acceptors (Lipinski definition) is 4. The van der Waals surface area contributed by atoms with Gasteiger partial charge in [-0.3, -0.25) is 0 Å². The maximum absolute atomic E-state index is 9.42. The minimum Gasteiger partial charge on any atom is -0.391 e. The Morgan fingerprint density at radius 3 is 1.77 bits per heavy atom. The van der Waals surface area contributed by atoms with Crippen LogP contribution in [0.15, 0.2) is 0 Å². The highest BCUT2D eigenvalue weighted by Crippen LogP contribution is 2.07. The summed E-state index contributed by atoms with van der Waals surface area (Å²) in [6.07, 6.45) is 2.22. The molecule has 0 rings (SSSR count). The van der Waals surface area contributed by atoms with Gasteiger partial charge < -0.3 is 19.9 Å². The van der Waals surface area contributed by atoms with Gasteiger partial charge in [0.1, 0.15) is 0 Å². The Labute approximate surface area is 139 Å². The molecule has 4 heteroatoms. The van der Waals surface area contributed by atoms with Crippen LogP contribution in [-0.2, 0) is 9.47 Å². The zero-order chi connectivity index (χ0) is 17.5. The Kier molecular flexibility index (Phi) is 17.2. The van der Waals surface area contributed by atoms with Crippen molar-refractivity contribution < 1.29 is 14.6 Å². The van der Waals surface area contributed by atoms with E-state index in [1.165, 1.54) is 0 Å². The topological polar surface area (TPSA) is 50.7 Å². The van der Waals surface area contributed by atoms with Crippen molar-refractivity contribution in [3.8, 4) is 0 Å². The predicted molar refractivity (Wildman–Crippen MR) is 95.4 cm³/mol. The molecule has 0 aliphatic heterocycles. The van der Waals surface area contributed by atoms with Crippen LogP contribution in [0.4, 0.5) is 0 Å². The molecule has 0 aliphatic carbocycles. The molecule has 0 amide bonds. The monoisotopic (exact) mass is 319 g/mol. The minimum absolute atomic E-state index is 0.221. The van der Waals surface area contributed by atoms with Gasteiger partial charge in [-0.15, -0.1) is 0 Å². The third-order valence-electron chi connectivity index (χ3n) is 2.81. The van der Waals surface area contributed by atoms with Gasteiger partial charge in [-0.25, -0.2) is 0 Å². The van der Waals surface area contributed by atoms with Gasteiger partial charge >= 0.3 is 0 Å². The first-order valence-corrected chi connectivity index (χ1v) is 8.79. The van der Waals surface area contributed by atoms with E-state index >= 15 is 0 Å². The average molecular weight is 320 g/mol. The minimum atomic E-state index is -0.283. The van der Waals surface area contributed by atoms with Crippen LogP contribution in [0.5, 0.6) is 0 Å². The summed E-state index contributed by atoms with van der Waals surface area (Å²) in [5.74, 6) is 0.665. The Morgan fingerprint density at radius 2 is 1.36 bits per heavy atom. The summed E-state index contributed by atoms with van der Waals surface area (Å²) in [7, 11) is 0. The molecular formula is C18H41NO3. The molecule has 0 fully saturated rings. The quantitative estimate of drug-likeness (QED) is 0.571. The summed E-state index contributed by atoms with van der Waals surface area (Å²) in [6.45, 7) is 18.9. The molecule has 0 spiro atoms. The van der Waals surface area contributed by atoms with E-state index in [0.29, 0.717) is 24.7 Å². The summed E-state index contributed by atoms with van der Waals surface area (Å²) < 4.78 is 10.6. The van der Waals surface area contributed by atoms with E-state index in [0.717, 1.165) is 26.0 Å². The Balaban J connectivity index is 0. The molecule has 0 aromatic carbocycles. The fourth-order valence-corrected chi connectivity index (χ4v) is 1.55. The Hall–Kier alpha value is -0.160. The largest absolute Gasteiger partial charge is 0.391 e. The van der Waals surface area contributed by atoms with Gasteiger partial charge in [-0.05, 0) is 46.5 Å². The molecule has 136 valence electrons. The van der Waals surface area contributed by atoms with Crippen LogP contribution in [0, 0.1) is 5.92 Å². The van der Waals surface area contributed by atoms with Gasteiger partial charge in [-0.1, -0.05) is 27.7 Å². The van der Waals surface area contributed by atoms with Crippen molar-refractivity contribution in [2.45, 2.75) is 92.6 Å². The standard InChI is InChI=1S/C10H22O2.C8H19NO/c1-8(2)5-6-10(11)7-12-9(3)4;1-7(2)9-5-6-10-8(3)4/h8-11H,5-7H2,1-4H3;7-9H,5-6H2,1-4H3. The zero-order valence-electron chi connectivity index (χ0n) is 16.2. The molecule has 0 aliphatic rings. The molecule has 1 atom stereocenters. The van der Waals surface area contributed by atoms with E-state index in [4.69, 9.17) is 9.47 Å². The number of nitrogens with one attached hydrogen (secondary N) is 1. The van der Waals surface area contributed by atoms with Crippen molar-refractivity contribution in [3.05, 3.63) is 0 Å². The highest BCUT2D eigenvalue weighted by Gasteiger charge is 2.06. The van der Waals surface area contributed by atoms with Crippen LogP contribution >= 0.6 is 0 Å². The zero-order valence-corrected chi connectivity index (χ0v) is 16.2. The Morgan fingerprint density at radius 1 is 0.818 bits per heavy atom. The third-order valence-corrected chi connectivity index (χ3v) is 2.81. The van der Waals surface area contributed by atoms with E-state index in [1.807, 2.05) is 13.8 Å².